The van der Waals surface area contributed by atoms with Crippen molar-refractivity contribution >= 4 is 44.2 Å². The van der Waals surface area contributed by atoms with Crippen LogP contribution in [0, 0.1) is 0 Å². The molecule has 1 fully saturated rings. The molecule has 0 unspecified atom stereocenters. The Labute approximate surface area is 178 Å². The topological polar surface area (TPSA) is 93.8 Å². The van der Waals surface area contributed by atoms with E-state index in [1.54, 1.807) is 12.4 Å². The molecule has 1 saturated carbocycles. The van der Waals surface area contributed by atoms with E-state index < -0.39 is 0 Å². The maximum absolute atomic E-state index is 13.1. The fraction of sp³-hybridized carbons (Fsp3) is 0.304. The Kier molecular flexibility index (Phi) is 5.14. The van der Waals surface area contributed by atoms with E-state index in [-0.39, 0.29) is 17.9 Å². The van der Waals surface area contributed by atoms with Crippen molar-refractivity contribution in [2.75, 3.05) is 5.32 Å². The predicted octanol–water partition coefficient (Wildman–Crippen LogP) is 4.35. The average molecular weight is 418 g/mol. The number of Topliss-reactive ketones (excluding diaryl/α,β-unsaturated/α-hetero) is 1. The predicted molar refractivity (Wildman–Crippen MR) is 121 cm³/mol. The smallest absolute Gasteiger partial charge is 0.223 e. The zero-order chi connectivity index (χ0) is 20.5. The van der Waals surface area contributed by atoms with Crippen LogP contribution in [-0.2, 0) is 6.42 Å². The first-order valence-electron chi connectivity index (χ1n) is 10.3. The van der Waals surface area contributed by atoms with Crippen LogP contribution in [0.15, 0.2) is 48.1 Å². The number of benzene rings is 1. The number of hydrogen-bond donors (Lipinski definition) is 2. The van der Waals surface area contributed by atoms with Crippen LogP contribution < -0.4 is 11.1 Å². The molecule has 6 nitrogen and oxygen atoms in total. The van der Waals surface area contributed by atoms with Crippen LogP contribution >= 0.6 is 11.3 Å². The summed E-state index contributed by atoms with van der Waals surface area (Å²) in [4.78, 5) is 26.5. The number of nitrogens with one attached hydrogen (secondary N) is 1. The van der Waals surface area contributed by atoms with Gasteiger partial charge in [0.25, 0.3) is 0 Å². The molecule has 3 aromatic heterocycles. The Morgan fingerprint density at radius 3 is 3.00 bits per heavy atom. The highest BCUT2D eigenvalue weighted by atomic mass is 32.1. The summed E-state index contributed by atoms with van der Waals surface area (Å²) in [5, 5.41) is 6.31. The van der Waals surface area contributed by atoms with Gasteiger partial charge in [-0.1, -0.05) is 25.0 Å². The second-order valence-corrected chi connectivity index (χ2v) is 8.80. The lowest BCUT2D eigenvalue weighted by molar-refractivity contribution is 0.0995. The third kappa shape index (κ3) is 3.78. The van der Waals surface area contributed by atoms with Gasteiger partial charge in [0.1, 0.15) is 0 Å². The second kappa shape index (κ2) is 8.08. The van der Waals surface area contributed by atoms with Crippen LogP contribution in [0.2, 0.25) is 0 Å². The molecule has 1 aromatic carbocycles. The van der Waals surface area contributed by atoms with Crippen LogP contribution in [-0.4, -0.2) is 32.8 Å². The highest BCUT2D eigenvalue weighted by Gasteiger charge is 2.23. The first kappa shape index (κ1) is 19.1. The maximum Gasteiger partial charge on any atom is 0.223 e. The number of thiophene rings is 1. The van der Waals surface area contributed by atoms with Gasteiger partial charge in [0.15, 0.2) is 5.78 Å². The molecular formula is C23H23N5OS. The van der Waals surface area contributed by atoms with Gasteiger partial charge in [-0.2, -0.15) is 0 Å². The highest BCUT2D eigenvalue weighted by molar-refractivity contribution is 7.17. The minimum Gasteiger partial charge on any atom is -0.350 e. The fourth-order valence-electron chi connectivity index (χ4n) is 4.12. The van der Waals surface area contributed by atoms with E-state index in [2.05, 4.69) is 20.3 Å². The number of carbonyl (C=O) groups excluding carboxylic acids is 1. The molecule has 4 aromatic rings. The summed E-state index contributed by atoms with van der Waals surface area (Å²) in [5.41, 5.74) is 9.52. The Bertz CT molecular complexity index is 1220. The van der Waals surface area contributed by atoms with Crippen molar-refractivity contribution in [3.63, 3.8) is 0 Å². The molecular weight excluding hydrogens is 394 g/mol. The summed E-state index contributed by atoms with van der Waals surface area (Å²) in [6.07, 6.45) is 8.28. The van der Waals surface area contributed by atoms with Crippen molar-refractivity contribution in [1.82, 2.24) is 15.0 Å². The number of rotatable bonds is 5. The number of aromatic nitrogens is 3. The van der Waals surface area contributed by atoms with E-state index >= 15 is 0 Å². The minimum absolute atomic E-state index is 0.0588. The fourth-order valence-corrected chi connectivity index (χ4v) is 4.98. The van der Waals surface area contributed by atoms with E-state index in [1.165, 1.54) is 17.8 Å². The van der Waals surface area contributed by atoms with Crippen molar-refractivity contribution in [3.8, 4) is 0 Å². The van der Waals surface area contributed by atoms with Crippen LogP contribution in [0.1, 0.15) is 41.6 Å². The summed E-state index contributed by atoms with van der Waals surface area (Å²) >= 11 is 1.50. The number of pyridine rings is 1. The molecule has 0 aliphatic heterocycles. The van der Waals surface area contributed by atoms with Crippen LogP contribution in [0.5, 0.6) is 0 Å². The van der Waals surface area contributed by atoms with Gasteiger partial charge >= 0.3 is 0 Å². The molecule has 3 heterocycles. The number of carbonyl (C=O) groups is 1. The molecule has 0 amide bonds. The lowest BCUT2D eigenvalue weighted by Crippen LogP contribution is -2.42. The Hall–Kier alpha value is -2.90. The lowest BCUT2D eigenvalue weighted by Gasteiger charge is -2.29. The van der Waals surface area contributed by atoms with E-state index in [1.807, 2.05) is 35.7 Å². The molecule has 0 spiro atoms. The van der Waals surface area contributed by atoms with Gasteiger partial charge in [0.05, 0.1) is 27.5 Å². The molecule has 1 aliphatic carbocycles. The first-order chi connectivity index (χ1) is 14.7. The average Bonchev–Trinajstić information content (AvgIpc) is 3.19. The highest BCUT2D eigenvalue weighted by Crippen LogP contribution is 2.27. The Morgan fingerprint density at radius 2 is 2.10 bits per heavy atom. The Balaban J connectivity index is 1.39. The molecule has 1 aliphatic rings. The summed E-state index contributed by atoms with van der Waals surface area (Å²) < 4.78 is 0.916. The van der Waals surface area contributed by atoms with Gasteiger partial charge in [-0.15, -0.1) is 11.3 Å². The summed E-state index contributed by atoms with van der Waals surface area (Å²) in [5.74, 6) is 0.609. The van der Waals surface area contributed by atoms with Crippen LogP contribution in [0.4, 0.5) is 5.95 Å². The normalized spacial score (nSPS) is 19.2. The number of fused-ring (bicyclic) bond motifs is 2. The quantitative estimate of drug-likeness (QED) is 0.469. The van der Waals surface area contributed by atoms with Gasteiger partial charge in [0, 0.05) is 35.5 Å². The molecule has 3 N–H and O–H groups in total. The SMILES string of the molecule is N[C@H]1CCCC[C@H]1Nc1ncc2scc(C(=O)Cc3ccc4ncccc4c3)c2n1. The van der Waals surface area contributed by atoms with Crippen LogP contribution in [0.3, 0.4) is 0 Å². The van der Waals surface area contributed by atoms with E-state index in [9.17, 15) is 4.79 Å². The standard InChI is InChI=1S/C23H23N5OS/c24-17-5-1-2-6-19(17)27-23-26-12-21-22(28-23)16(13-30-21)20(29)11-14-7-8-18-15(10-14)4-3-9-25-18/h3-4,7-10,12-13,17,19H,1-2,5-6,11,24H2,(H,26,27,28)/t17-,19+/m0/s1. The van der Waals surface area contributed by atoms with Crippen molar-refractivity contribution in [2.45, 2.75) is 44.2 Å². The number of nitrogens with zero attached hydrogens (tertiary/aromatic N) is 3. The largest absolute Gasteiger partial charge is 0.350 e. The second-order valence-electron chi connectivity index (χ2n) is 7.89. The van der Waals surface area contributed by atoms with Crippen molar-refractivity contribution in [3.05, 3.63) is 59.2 Å². The maximum atomic E-state index is 13.1. The molecule has 30 heavy (non-hydrogen) atoms. The summed E-state index contributed by atoms with van der Waals surface area (Å²) in [6, 6.07) is 10.2. The third-order valence-electron chi connectivity index (χ3n) is 5.78. The minimum atomic E-state index is 0.0588. The molecule has 152 valence electrons. The molecule has 0 radical (unpaired) electrons. The van der Waals surface area contributed by atoms with Crippen molar-refractivity contribution in [1.29, 1.82) is 0 Å². The number of anilines is 1. The lowest BCUT2D eigenvalue weighted by atomic mass is 9.91. The summed E-state index contributed by atoms with van der Waals surface area (Å²) in [7, 11) is 0. The molecule has 2 atom stereocenters. The zero-order valence-corrected chi connectivity index (χ0v) is 17.4. The monoisotopic (exact) mass is 417 g/mol. The molecule has 7 heteroatoms. The van der Waals surface area contributed by atoms with E-state index in [0.717, 1.165) is 40.4 Å². The summed E-state index contributed by atoms with van der Waals surface area (Å²) in [6.45, 7) is 0. The molecule has 0 bridgehead atoms. The van der Waals surface area contributed by atoms with Gasteiger partial charge in [-0.3, -0.25) is 9.78 Å². The third-order valence-corrected chi connectivity index (χ3v) is 6.69. The van der Waals surface area contributed by atoms with Gasteiger partial charge in [-0.05, 0) is 36.6 Å². The number of ketones is 1. The number of hydrogen-bond acceptors (Lipinski definition) is 7. The van der Waals surface area contributed by atoms with E-state index in [4.69, 9.17) is 5.73 Å². The van der Waals surface area contributed by atoms with Gasteiger partial charge < -0.3 is 11.1 Å². The van der Waals surface area contributed by atoms with Gasteiger partial charge in [0.2, 0.25) is 5.95 Å². The van der Waals surface area contributed by atoms with Crippen molar-refractivity contribution in [2.24, 2.45) is 5.73 Å². The van der Waals surface area contributed by atoms with Crippen molar-refractivity contribution < 1.29 is 4.79 Å². The zero-order valence-electron chi connectivity index (χ0n) is 16.5. The van der Waals surface area contributed by atoms with Crippen LogP contribution in [0.25, 0.3) is 21.1 Å². The first-order valence-corrected chi connectivity index (χ1v) is 11.2. The van der Waals surface area contributed by atoms with Gasteiger partial charge in [-0.25, -0.2) is 9.97 Å². The Morgan fingerprint density at radius 1 is 1.20 bits per heavy atom. The molecule has 0 saturated heterocycles. The number of nitrogens with two attached hydrogens (primary N) is 1. The molecule has 5 rings (SSSR count). The van der Waals surface area contributed by atoms with E-state index in [0.29, 0.717) is 23.4 Å².